The first-order valence-corrected chi connectivity index (χ1v) is 20.6. The second kappa shape index (κ2) is 9.58. The maximum atomic E-state index is 13.6. The van der Waals surface area contributed by atoms with Gasteiger partial charge in [-0.1, -0.05) is 0 Å². The fraction of sp³-hybridized carbons (Fsp3) is 0.357. The summed E-state index contributed by atoms with van der Waals surface area (Å²) < 4.78 is 83.3. The fourth-order valence-electron chi connectivity index (χ4n) is 5.51. The number of rotatable bonds is 3. The molecule has 0 saturated heterocycles. The Morgan fingerprint density at radius 3 is 1.83 bits per heavy atom. The summed E-state index contributed by atoms with van der Waals surface area (Å²) in [6.45, 7) is 13.4. The van der Waals surface area contributed by atoms with Crippen LogP contribution in [0.4, 0.5) is 26.3 Å². The molecule has 0 bridgehead atoms. The summed E-state index contributed by atoms with van der Waals surface area (Å²) in [4.78, 5) is 0. The predicted octanol–water partition coefficient (Wildman–Crippen LogP) is 9.34. The first-order chi connectivity index (χ1) is 16.6. The molecule has 0 N–H and O–H groups in total. The molecule has 2 aliphatic rings. The molecule has 2 aromatic carbocycles. The molecule has 2 aliphatic carbocycles. The number of halogens is 6. The van der Waals surface area contributed by atoms with Crippen LogP contribution in [0, 0.1) is 5.92 Å². The number of hydrogen-bond acceptors (Lipinski definition) is 0. The molecule has 0 fully saturated rings. The summed E-state index contributed by atoms with van der Waals surface area (Å²) >= 11 is -2.44. The van der Waals surface area contributed by atoms with Gasteiger partial charge in [-0.2, -0.15) is 0 Å². The zero-order valence-corrected chi connectivity index (χ0v) is 24.5. The number of fused-ring (bicyclic) bond motifs is 1. The molecule has 0 heterocycles. The van der Waals surface area contributed by atoms with Gasteiger partial charge in [0.2, 0.25) is 0 Å². The quantitative estimate of drug-likeness (QED) is 0.244. The summed E-state index contributed by atoms with van der Waals surface area (Å²) in [5.41, 5.74) is 3.00. The molecule has 190 valence electrons. The van der Waals surface area contributed by atoms with Gasteiger partial charge in [0.15, 0.2) is 0 Å². The second-order valence-electron chi connectivity index (χ2n) is 9.92. The normalized spacial score (nSPS) is 20.2. The molecule has 0 aliphatic heterocycles. The maximum absolute atomic E-state index is 13.6. The Labute approximate surface area is 216 Å². The number of allylic oxidation sites excluding steroid dienone is 5. The van der Waals surface area contributed by atoms with Gasteiger partial charge in [0.25, 0.3) is 0 Å². The third-order valence-electron chi connectivity index (χ3n) is 7.60. The Hall–Kier alpha value is -1.66. The van der Waals surface area contributed by atoms with Crippen molar-refractivity contribution in [1.82, 2.24) is 0 Å². The number of benzene rings is 2. The van der Waals surface area contributed by atoms with E-state index >= 15 is 0 Å². The van der Waals surface area contributed by atoms with E-state index in [1.165, 1.54) is 16.7 Å². The minimum absolute atomic E-state index is 0.0218. The summed E-state index contributed by atoms with van der Waals surface area (Å²) in [7, 11) is 0. The Balaban J connectivity index is 1.96. The van der Waals surface area contributed by atoms with Crippen molar-refractivity contribution in [3.63, 3.8) is 0 Å². The Bertz CT molecular complexity index is 1330. The van der Waals surface area contributed by atoms with Gasteiger partial charge in [0.05, 0.1) is 0 Å². The van der Waals surface area contributed by atoms with E-state index in [0.717, 1.165) is 23.3 Å². The Morgan fingerprint density at radius 1 is 0.806 bits per heavy atom. The van der Waals surface area contributed by atoms with E-state index < -0.39 is 49.3 Å². The molecule has 0 nitrogen and oxygen atoms in total. The van der Waals surface area contributed by atoms with Crippen molar-refractivity contribution < 1.29 is 46.7 Å². The molecule has 0 spiro atoms. The standard InChI is InChI=1S/C17H9F6.C9H13.C2H6Si.Zr/c18-16(19,20)12-7-11(8-13(9-12)17(21,22)23)15-6-5-10-3-1-2-4-14(10)15;1-6-5-7(2)9(4)8(6)3;1-3-2;/h1-9H;6H,1-4H3;1-2H3;. The molecule has 0 aromatic heterocycles. The summed E-state index contributed by atoms with van der Waals surface area (Å²) in [6.07, 6.45) is -7.75. The Kier molecular flexibility index (Phi) is 7.28. The SMILES string of the molecule is CC1=C(C)C(C)[C]([Zr]([CH]2C=C(c3cc(C(F)(F)F)cc(C(F)(F)F)c3)c3ccccc32)=[Si](C)C)=C1C. The molecule has 4 rings (SSSR count). The summed E-state index contributed by atoms with van der Waals surface area (Å²) in [5, 5.41) is 0. The molecule has 2 unspecified atom stereocenters. The van der Waals surface area contributed by atoms with Crippen molar-refractivity contribution in [2.45, 2.75) is 56.8 Å². The van der Waals surface area contributed by atoms with Gasteiger partial charge in [-0.15, -0.1) is 0 Å². The molecule has 2 atom stereocenters. The van der Waals surface area contributed by atoms with E-state index in [-0.39, 0.29) is 15.3 Å². The van der Waals surface area contributed by atoms with Crippen LogP contribution in [-0.2, 0) is 32.7 Å². The van der Waals surface area contributed by atoms with Crippen molar-refractivity contribution in [2.75, 3.05) is 0 Å². The predicted molar refractivity (Wildman–Crippen MR) is 130 cm³/mol. The van der Waals surface area contributed by atoms with Gasteiger partial charge in [-0.3, -0.25) is 0 Å². The fourth-order valence-corrected chi connectivity index (χ4v) is 25.2. The molecule has 0 radical (unpaired) electrons. The molecule has 2 aromatic rings. The van der Waals surface area contributed by atoms with E-state index in [9.17, 15) is 26.3 Å². The van der Waals surface area contributed by atoms with Crippen molar-refractivity contribution in [3.8, 4) is 0 Å². The monoisotopic (exact) mass is 596 g/mol. The molecular weight excluding hydrogens is 570 g/mol. The van der Waals surface area contributed by atoms with E-state index in [1.807, 2.05) is 24.3 Å². The van der Waals surface area contributed by atoms with Crippen LogP contribution >= 0.6 is 0 Å². The van der Waals surface area contributed by atoms with E-state index in [0.29, 0.717) is 11.5 Å². The van der Waals surface area contributed by atoms with Crippen LogP contribution < -0.4 is 0 Å². The van der Waals surface area contributed by atoms with Gasteiger partial charge in [-0.05, 0) is 0 Å². The van der Waals surface area contributed by atoms with Crippen LogP contribution in [0.5, 0.6) is 0 Å². The van der Waals surface area contributed by atoms with E-state index in [1.54, 1.807) is 9.35 Å². The second-order valence-corrected chi connectivity index (χ2v) is 27.4. The molecular formula is C28H28F6SiZr. The van der Waals surface area contributed by atoms with Crippen LogP contribution in [0.25, 0.3) is 5.57 Å². The van der Waals surface area contributed by atoms with Crippen molar-refractivity contribution >= 4 is 11.0 Å². The van der Waals surface area contributed by atoms with Crippen LogP contribution in [0.15, 0.2) is 68.5 Å². The van der Waals surface area contributed by atoms with E-state index in [2.05, 4.69) is 40.8 Å². The third kappa shape index (κ3) is 4.80. The van der Waals surface area contributed by atoms with Crippen LogP contribution in [0.3, 0.4) is 0 Å². The van der Waals surface area contributed by atoms with Gasteiger partial charge < -0.3 is 0 Å². The zero-order valence-electron chi connectivity index (χ0n) is 21.0. The van der Waals surface area contributed by atoms with Crippen molar-refractivity contribution in [1.29, 1.82) is 0 Å². The van der Waals surface area contributed by atoms with E-state index in [4.69, 9.17) is 0 Å². The average Bonchev–Trinajstić information content (AvgIpc) is 3.25. The molecule has 0 amide bonds. The average molecular weight is 598 g/mol. The number of alkyl halides is 6. The van der Waals surface area contributed by atoms with Crippen molar-refractivity contribution in [2.24, 2.45) is 5.92 Å². The van der Waals surface area contributed by atoms with Gasteiger partial charge in [0.1, 0.15) is 0 Å². The van der Waals surface area contributed by atoms with Crippen molar-refractivity contribution in [3.05, 3.63) is 96.4 Å². The van der Waals surface area contributed by atoms with Crippen LogP contribution in [-0.4, -0.2) is 5.43 Å². The third-order valence-corrected chi connectivity index (χ3v) is 26.2. The topological polar surface area (TPSA) is 0 Å². The zero-order chi connectivity index (χ0) is 26.7. The molecule has 36 heavy (non-hydrogen) atoms. The molecule has 0 saturated carbocycles. The summed E-state index contributed by atoms with van der Waals surface area (Å²) in [6, 6.07) is 9.50. The van der Waals surface area contributed by atoms with Crippen LogP contribution in [0.1, 0.15) is 59.1 Å². The Morgan fingerprint density at radius 2 is 1.36 bits per heavy atom. The first-order valence-electron chi connectivity index (χ1n) is 11.8. The summed E-state index contributed by atoms with van der Waals surface area (Å²) in [5.74, 6) is 0.342. The van der Waals surface area contributed by atoms with Crippen LogP contribution in [0.2, 0.25) is 13.1 Å². The number of hydrogen-bond donors (Lipinski definition) is 0. The van der Waals surface area contributed by atoms with Gasteiger partial charge >= 0.3 is 217 Å². The van der Waals surface area contributed by atoms with Gasteiger partial charge in [-0.25, -0.2) is 0 Å². The van der Waals surface area contributed by atoms with Gasteiger partial charge in [0, 0.05) is 0 Å². The molecule has 8 heteroatoms. The minimum atomic E-state index is -4.88. The first kappa shape index (κ1) is 27.4.